The molecule has 0 fully saturated rings. The molecule has 0 aliphatic heterocycles. The van der Waals surface area contributed by atoms with Crippen molar-refractivity contribution in [3.05, 3.63) is 29.8 Å². The van der Waals surface area contributed by atoms with Gasteiger partial charge in [0.1, 0.15) is 16.5 Å². The molecule has 0 atom stereocenters. The van der Waals surface area contributed by atoms with E-state index in [1.165, 1.54) is 0 Å². The van der Waals surface area contributed by atoms with Crippen LogP contribution in [0.4, 0.5) is 8.78 Å². The van der Waals surface area contributed by atoms with Crippen LogP contribution in [0.2, 0.25) is 0 Å². The van der Waals surface area contributed by atoms with Crippen molar-refractivity contribution in [1.29, 1.82) is 0 Å². The van der Waals surface area contributed by atoms with Gasteiger partial charge in [-0.25, -0.2) is 21.9 Å². The summed E-state index contributed by atoms with van der Waals surface area (Å²) >= 11 is 5.80. The molecule has 1 N–H and O–H groups in total. The molecule has 0 spiro atoms. The van der Waals surface area contributed by atoms with Gasteiger partial charge in [-0.15, -0.1) is 11.6 Å². The summed E-state index contributed by atoms with van der Waals surface area (Å²) in [5.74, 6) is -1.88. The number of benzene rings is 1. The molecule has 1 rings (SSSR count). The van der Waals surface area contributed by atoms with E-state index < -0.39 is 32.1 Å². The van der Waals surface area contributed by atoms with Crippen LogP contribution in [-0.2, 0) is 10.0 Å². The molecule has 3 nitrogen and oxygen atoms in total. The first-order valence-electron chi connectivity index (χ1n) is 5.85. The molecule has 7 heteroatoms. The molecule has 0 heterocycles. The lowest BCUT2D eigenvalue weighted by atomic mass is 9.97. The van der Waals surface area contributed by atoms with Crippen LogP contribution in [0, 0.1) is 11.6 Å². The maximum Gasteiger partial charge on any atom is 0.244 e. The zero-order valence-electron chi connectivity index (χ0n) is 10.7. The maximum atomic E-state index is 13.5. The van der Waals surface area contributed by atoms with Crippen molar-refractivity contribution in [3.63, 3.8) is 0 Å². The second kappa shape index (κ2) is 6.15. The summed E-state index contributed by atoms with van der Waals surface area (Å²) in [5, 5.41) is 0. The standard InChI is InChI=1S/C12H16ClF2NO2S/c1-3-12(4-2,8-13)16-19(17,18)11-6-5-9(14)7-10(11)15/h5-7,16H,3-4,8H2,1-2H3. The van der Waals surface area contributed by atoms with Gasteiger partial charge in [0.25, 0.3) is 0 Å². The molecule has 0 bridgehead atoms. The summed E-state index contributed by atoms with van der Waals surface area (Å²) in [6.45, 7) is 3.57. The number of hydrogen-bond acceptors (Lipinski definition) is 2. The highest BCUT2D eigenvalue weighted by molar-refractivity contribution is 7.89. The van der Waals surface area contributed by atoms with Gasteiger partial charge in [0, 0.05) is 17.5 Å². The van der Waals surface area contributed by atoms with Crippen LogP contribution in [-0.4, -0.2) is 19.8 Å². The van der Waals surface area contributed by atoms with E-state index in [4.69, 9.17) is 11.6 Å². The molecule has 0 unspecified atom stereocenters. The van der Waals surface area contributed by atoms with E-state index >= 15 is 0 Å². The van der Waals surface area contributed by atoms with Crippen LogP contribution in [0.1, 0.15) is 26.7 Å². The van der Waals surface area contributed by atoms with Crippen LogP contribution in [0.3, 0.4) is 0 Å². The first-order valence-corrected chi connectivity index (χ1v) is 7.87. The van der Waals surface area contributed by atoms with E-state index in [1.54, 1.807) is 13.8 Å². The van der Waals surface area contributed by atoms with E-state index in [0.29, 0.717) is 18.9 Å². The van der Waals surface area contributed by atoms with Crippen molar-refractivity contribution in [2.45, 2.75) is 37.1 Å². The summed E-state index contributed by atoms with van der Waals surface area (Å²) in [6, 6.07) is 2.34. The number of alkyl halides is 1. The average Bonchev–Trinajstić information content (AvgIpc) is 2.35. The van der Waals surface area contributed by atoms with Gasteiger partial charge in [-0.2, -0.15) is 0 Å². The van der Waals surface area contributed by atoms with Crippen molar-refractivity contribution in [2.75, 3.05) is 5.88 Å². The summed E-state index contributed by atoms with van der Waals surface area (Å²) < 4.78 is 53.0. The second-order valence-corrected chi connectivity index (χ2v) is 6.22. The zero-order valence-corrected chi connectivity index (χ0v) is 12.3. The van der Waals surface area contributed by atoms with Crippen molar-refractivity contribution in [1.82, 2.24) is 4.72 Å². The largest absolute Gasteiger partial charge is 0.244 e. The zero-order chi connectivity index (χ0) is 14.7. The second-order valence-electron chi connectivity index (χ2n) is 4.30. The van der Waals surface area contributed by atoms with E-state index in [1.807, 2.05) is 0 Å². The van der Waals surface area contributed by atoms with Crippen molar-refractivity contribution in [3.8, 4) is 0 Å². The normalized spacial score (nSPS) is 12.7. The number of nitrogens with one attached hydrogen (secondary N) is 1. The van der Waals surface area contributed by atoms with Gasteiger partial charge in [0.2, 0.25) is 10.0 Å². The van der Waals surface area contributed by atoms with Crippen LogP contribution in [0.25, 0.3) is 0 Å². The van der Waals surface area contributed by atoms with Crippen molar-refractivity contribution in [2.24, 2.45) is 0 Å². The molecule has 19 heavy (non-hydrogen) atoms. The lowest BCUT2D eigenvalue weighted by Gasteiger charge is -2.30. The molecular weight excluding hydrogens is 296 g/mol. The van der Waals surface area contributed by atoms with Gasteiger partial charge in [-0.3, -0.25) is 0 Å². The van der Waals surface area contributed by atoms with Gasteiger partial charge >= 0.3 is 0 Å². The summed E-state index contributed by atoms with van der Waals surface area (Å²) in [5.41, 5.74) is -0.832. The van der Waals surface area contributed by atoms with Gasteiger partial charge < -0.3 is 0 Å². The third-order valence-electron chi connectivity index (χ3n) is 3.14. The van der Waals surface area contributed by atoms with Gasteiger partial charge in [0.15, 0.2) is 0 Å². The Morgan fingerprint density at radius 2 is 1.84 bits per heavy atom. The molecule has 1 aromatic rings. The Labute approximate surface area is 117 Å². The van der Waals surface area contributed by atoms with Crippen molar-refractivity contribution >= 4 is 21.6 Å². The smallest absolute Gasteiger partial charge is 0.207 e. The molecular formula is C12H16ClF2NO2S. The van der Waals surface area contributed by atoms with E-state index in [9.17, 15) is 17.2 Å². The molecule has 0 radical (unpaired) electrons. The lowest BCUT2D eigenvalue weighted by molar-refractivity contribution is 0.392. The maximum absolute atomic E-state index is 13.5. The molecule has 0 aromatic heterocycles. The van der Waals surface area contributed by atoms with Crippen molar-refractivity contribution < 1.29 is 17.2 Å². The first-order chi connectivity index (χ1) is 8.80. The number of hydrogen-bond donors (Lipinski definition) is 1. The van der Waals surface area contributed by atoms with E-state index in [-0.39, 0.29) is 5.88 Å². The number of halogens is 3. The molecule has 0 aliphatic rings. The highest BCUT2D eigenvalue weighted by Gasteiger charge is 2.32. The minimum Gasteiger partial charge on any atom is -0.207 e. The van der Waals surface area contributed by atoms with E-state index in [2.05, 4.69) is 4.72 Å². The SMILES string of the molecule is CCC(CC)(CCl)NS(=O)(=O)c1ccc(F)cc1F. The molecule has 0 aliphatic carbocycles. The minimum absolute atomic E-state index is 0.0715. The van der Waals surface area contributed by atoms with Crippen LogP contribution >= 0.6 is 11.6 Å². The highest BCUT2D eigenvalue weighted by atomic mass is 35.5. The minimum atomic E-state index is -4.08. The predicted molar refractivity (Wildman–Crippen MR) is 70.7 cm³/mol. The quantitative estimate of drug-likeness (QED) is 0.821. The topological polar surface area (TPSA) is 46.2 Å². The molecule has 108 valence electrons. The fourth-order valence-corrected chi connectivity index (χ4v) is 3.77. The monoisotopic (exact) mass is 311 g/mol. The number of rotatable bonds is 6. The molecule has 0 amide bonds. The number of sulfonamides is 1. The molecule has 1 aromatic carbocycles. The van der Waals surface area contributed by atoms with Crippen LogP contribution < -0.4 is 4.72 Å². The highest BCUT2D eigenvalue weighted by Crippen LogP contribution is 2.23. The van der Waals surface area contributed by atoms with Gasteiger partial charge in [-0.1, -0.05) is 13.8 Å². The fourth-order valence-electron chi connectivity index (χ4n) is 1.64. The van der Waals surface area contributed by atoms with Crippen LogP contribution in [0.5, 0.6) is 0 Å². The Hall–Kier alpha value is -0.720. The Bertz CT molecular complexity index is 536. The Morgan fingerprint density at radius 1 is 1.26 bits per heavy atom. The summed E-state index contributed by atoms with van der Waals surface area (Å²) in [4.78, 5) is -0.578. The Kier molecular flexibility index (Phi) is 5.29. The first kappa shape index (κ1) is 16.3. The van der Waals surface area contributed by atoms with E-state index in [0.717, 1.165) is 12.1 Å². The molecule has 0 saturated heterocycles. The Balaban J connectivity index is 3.17. The Morgan fingerprint density at radius 3 is 2.26 bits per heavy atom. The third kappa shape index (κ3) is 3.64. The molecule has 0 saturated carbocycles. The summed E-state index contributed by atoms with van der Waals surface area (Å²) in [6.07, 6.45) is 0.935. The third-order valence-corrected chi connectivity index (χ3v) is 5.27. The predicted octanol–water partition coefficient (Wildman–Crippen LogP) is 3.04. The van der Waals surface area contributed by atoms with Gasteiger partial charge in [-0.05, 0) is 25.0 Å². The average molecular weight is 312 g/mol. The van der Waals surface area contributed by atoms with Crippen LogP contribution in [0.15, 0.2) is 23.1 Å². The summed E-state index contributed by atoms with van der Waals surface area (Å²) in [7, 11) is -4.08. The fraction of sp³-hybridized carbons (Fsp3) is 0.500. The lowest BCUT2D eigenvalue weighted by Crippen LogP contribution is -2.49. The van der Waals surface area contributed by atoms with Gasteiger partial charge in [0.05, 0.1) is 0 Å².